The summed E-state index contributed by atoms with van der Waals surface area (Å²) in [4.78, 5) is 10.1. The molecular weight excluding hydrogens is 334 g/mol. The SMILES string of the molecule is O=[N+]([O-])c1cc(F)ccc1NCc1ccc(Br)c(F)c1. The lowest BCUT2D eigenvalue weighted by Crippen LogP contribution is -2.03. The van der Waals surface area contributed by atoms with Gasteiger partial charge in [0.1, 0.15) is 17.3 Å². The number of hydrogen-bond acceptors (Lipinski definition) is 3. The molecule has 104 valence electrons. The quantitative estimate of drug-likeness (QED) is 0.667. The highest BCUT2D eigenvalue weighted by Crippen LogP contribution is 2.26. The van der Waals surface area contributed by atoms with Crippen LogP contribution in [0.1, 0.15) is 5.56 Å². The molecule has 7 heteroatoms. The Kier molecular flexibility index (Phi) is 4.29. The number of nitrogens with one attached hydrogen (secondary N) is 1. The van der Waals surface area contributed by atoms with E-state index in [-0.39, 0.29) is 17.9 Å². The van der Waals surface area contributed by atoms with Crippen LogP contribution in [0.15, 0.2) is 40.9 Å². The second-order valence-corrected chi connectivity index (χ2v) is 4.87. The topological polar surface area (TPSA) is 55.2 Å². The van der Waals surface area contributed by atoms with Crippen LogP contribution in [-0.2, 0) is 6.54 Å². The second-order valence-electron chi connectivity index (χ2n) is 4.02. The highest BCUT2D eigenvalue weighted by molar-refractivity contribution is 9.10. The number of nitro benzene ring substituents is 1. The van der Waals surface area contributed by atoms with Crippen molar-refractivity contribution in [2.24, 2.45) is 0 Å². The predicted molar refractivity (Wildman–Crippen MR) is 74.5 cm³/mol. The van der Waals surface area contributed by atoms with Crippen molar-refractivity contribution in [2.45, 2.75) is 6.54 Å². The molecule has 0 aromatic heterocycles. The second kappa shape index (κ2) is 5.96. The molecule has 0 bridgehead atoms. The van der Waals surface area contributed by atoms with Gasteiger partial charge in [-0.05, 0) is 45.8 Å². The summed E-state index contributed by atoms with van der Waals surface area (Å²) in [6.07, 6.45) is 0. The smallest absolute Gasteiger partial charge is 0.295 e. The van der Waals surface area contributed by atoms with Gasteiger partial charge in [-0.25, -0.2) is 8.78 Å². The van der Waals surface area contributed by atoms with Gasteiger partial charge in [-0.3, -0.25) is 10.1 Å². The largest absolute Gasteiger partial charge is 0.375 e. The van der Waals surface area contributed by atoms with Crippen LogP contribution >= 0.6 is 15.9 Å². The van der Waals surface area contributed by atoms with E-state index in [0.717, 1.165) is 12.1 Å². The number of nitro groups is 1. The first-order chi connectivity index (χ1) is 9.47. The average molecular weight is 343 g/mol. The van der Waals surface area contributed by atoms with Gasteiger partial charge >= 0.3 is 0 Å². The Morgan fingerprint density at radius 2 is 1.95 bits per heavy atom. The van der Waals surface area contributed by atoms with E-state index < -0.39 is 16.6 Å². The fourth-order valence-electron chi connectivity index (χ4n) is 1.65. The van der Waals surface area contributed by atoms with Gasteiger partial charge in [0, 0.05) is 6.54 Å². The third kappa shape index (κ3) is 3.30. The molecule has 0 saturated carbocycles. The third-order valence-corrected chi connectivity index (χ3v) is 3.27. The van der Waals surface area contributed by atoms with E-state index in [9.17, 15) is 18.9 Å². The minimum absolute atomic E-state index is 0.180. The van der Waals surface area contributed by atoms with Gasteiger partial charge in [-0.1, -0.05) is 6.07 Å². The monoisotopic (exact) mass is 342 g/mol. The normalized spacial score (nSPS) is 10.3. The number of rotatable bonds is 4. The predicted octanol–water partition coefficient (Wildman–Crippen LogP) is 4.25. The van der Waals surface area contributed by atoms with Gasteiger partial charge in [-0.15, -0.1) is 0 Å². The van der Waals surface area contributed by atoms with E-state index >= 15 is 0 Å². The Hall–Kier alpha value is -2.02. The van der Waals surface area contributed by atoms with Gasteiger partial charge in [0.25, 0.3) is 5.69 Å². The molecule has 2 aromatic carbocycles. The van der Waals surface area contributed by atoms with Crippen molar-refractivity contribution in [1.82, 2.24) is 0 Å². The maximum Gasteiger partial charge on any atom is 0.295 e. The molecule has 0 aliphatic carbocycles. The molecule has 20 heavy (non-hydrogen) atoms. The summed E-state index contributed by atoms with van der Waals surface area (Å²) >= 11 is 3.04. The standard InChI is InChI=1S/C13H9BrF2N2O2/c14-10-3-1-8(5-11(10)16)7-17-12-4-2-9(15)6-13(12)18(19)20/h1-6,17H,7H2. The van der Waals surface area contributed by atoms with E-state index in [1.807, 2.05) is 0 Å². The van der Waals surface area contributed by atoms with Crippen molar-refractivity contribution in [1.29, 1.82) is 0 Å². The Bertz CT molecular complexity index is 665. The molecule has 0 heterocycles. The molecule has 0 saturated heterocycles. The Morgan fingerprint density at radius 3 is 2.60 bits per heavy atom. The van der Waals surface area contributed by atoms with Crippen molar-refractivity contribution in [3.63, 3.8) is 0 Å². The molecule has 2 rings (SSSR count). The first kappa shape index (κ1) is 14.4. The molecule has 0 fully saturated rings. The fraction of sp³-hybridized carbons (Fsp3) is 0.0769. The van der Waals surface area contributed by atoms with E-state index in [0.29, 0.717) is 10.0 Å². The highest BCUT2D eigenvalue weighted by Gasteiger charge is 2.14. The van der Waals surface area contributed by atoms with Crippen molar-refractivity contribution in [3.05, 3.63) is 68.2 Å². The fourth-order valence-corrected chi connectivity index (χ4v) is 1.90. The number of hydrogen-bond donors (Lipinski definition) is 1. The van der Waals surface area contributed by atoms with E-state index in [2.05, 4.69) is 21.2 Å². The summed E-state index contributed by atoms with van der Waals surface area (Å²) < 4.78 is 26.7. The number of benzene rings is 2. The van der Waals surface area contributed by atoms with Gasteiger partial charge in [-0.2, -0.15) is 0 Å². The minimum atomic E-state index is -0.683. The average Bonchev–Trinajstić information content (AvgIpc) is 2.41. The zero-order valence-corrected chi connectivity index (χ0v) is 11.7. The third-order valence-electron chi connectivity index (χ3n) is 2.62. The molecule has 2 aromatic rings. The van der Waals surface area contributed by atoms with Crippen LogP contribution in [-0.4, -0.2) is 4.92 Å². The summed E-state index contributed by atoms with van der Waals surface area (Å²) in [6.45, 7) is 0.191. The van der Waals surface area contributed by atoms with Crippen LogP contribution in [0.5, 0.6) is 0 Å². The zero-order chi connectivity index (χ0) is 14.7. The van der Waals surface area contributed by atoms with Gasteiger partial charge < -0.3 is 5.32 Å². The lowest BCUT2D eigenvalue weighted by atomic mass is 10.2. The van der Waals surface area contributed by atoms with Crippen molar-refractivity contribution in [2.75, 3.05) is 5.32 Å². The van der Waals surface area contributed by atoms with Crippen LogP contribution in [0.3, 0.4) is 0 Å². The molecule has 0 aliphatic rings. The molecule has 4 nitrogen and oxygen atoms in total. The van der Waals surface area contributed by atoms with Gasteiger partial charge in [0.2, 0.25) is 0 Å². The summed E-state index contributed by atoms with van der Waals surface area (Å²) in [6, 6.07) is 7.78. The maximum atomic E-state index is 13.3. The molecule has 0 amide bonds. The number of halogens is 3. The first-order valence-electron chi connectivity index (χ1n) is 5.59. The van der Waals surface area contributed by atoms with Crippen LogP contribution in [0.4, 0.5) is 20.2 Å². The van der Waals surface area contributed by atoms with Crippen LogP contribution in [0.2, 0.25) is 0 Å². The Morgan fingerprint density at radius 1 is 1.20 bits per heavy atom. The van der Waals surface area contributed by atoms with Crippen molar-refractivity contribution >= 4 is 27.3 Å². The van der Waals surface area contributed by atoms with E-state index in [1.54, 1.807) is 12.1 Å². The molecule has 0 aliphatic heterocycles. The summed E-state index contributed by atoms with van der Waals surface area (Å²) in [5.74, 6) is -1.10. The Balaban J connectivity index is 2.18. The molecule has 0 radical (unpaired) electrons. The summed E-state index contributed by atoms with van der Waals surface area (Å²) in [7, 11) is 0. The first-order valence-corrected chi connectivity index (χ1v) is 6.38. The minimum Gasteiger partial charge on any atom is -0.375 e. The lowest BCUT2D eigenvalue weighted by molar-refractivity contribution is -0.384. The van der Waals surface area contributed by atoms with Crippen molar-refractivity contribution in [3.8, 4) is 0 Å². The van der Waals surface area contributed by atoms with Crippen LogP contribution in [0.25, 0.3) is 0 Å². The number of anilines is 1. The Labute approximate surface area is 121 Å². The maximum absolute atomic E-state index is 13.3. The highest BCUT2D eigenvalue weighted by atomic mass is 79.9. The zero-order valence-electron chi connectivity index (χ0n) is 10.1. The van der Waals surface area contributed by atoms with Crippen LogP contribution < -0.4 is 5.32 Å². The molecule has 0 unspecified atom stereocenters. The van der Waals surface area contributed by atoms with E-state index in [4.69, 9.17) is 0 Å². The lowest BCUT2D eigenvalue weighted by Gasteiger charge is -2.08. The van der Waals surface area contributed by atoms with Gasteiger partial charge in [0.05, 0.1) is 15.5 Å². The molecular formula is C13H9BrF2N2O2. The number of nitrogens with zero attached hydrogens (tertiary/aromatic N) is 1. The van der Waals surface area contributed by atoms with E-state index in [1.165, 1.54) is 12.1 Å². The summed E-state index contributed by atoms with van der Waals surface area (Å²) in [5, 5.41) is 13.6. The van der Waals surface area contributed by atoms with Gasteiger partial charge in [0.15, 0.2) is 0 Å². The van der Waals surface area contributed by atoms with Crippen LogP contribution in [0, 0.1) is 21.7 Å². The molecule has 0 atom stereocenters. The van der Waals surface area contributed by atoms with Crippen molar-refractivity contribution < 1.29 is 13.7 Å². The molecule has 1 N–H and O–H groups in total. The molecule has 0 spiro atoms. The summed E-state index contributed by atoms with van der Waals surface area (Å²) in [5.41, 5.74) is 0.437.